The number of fused-ring (bicyclic) bond motifs is 5. The molecule has 1 aliphatic rings. The molecule has 3 aromatic carbocycles. The molecule has 50 heavy (non-hydrogen) atoms. The van der Waals surface area contributed by atoms with Crippen LogP contribution in [0.3, 0.4) is 0 Å². The first-order chi connectivity index (χ1) is 24.3. The Bertz CT molecular complexity index is 1240. The zero-order valence-corrected chi connectivity index (χ0v) is 35.6. The Morgan fingerprint density at radius 1 is 0.520 bits per heavy atom. The Morgan fingerprint density at radius 3 is 1.44 bits per heavy atom. The van der Waals surface area contributed by atoms with Crippen LogP contribution >= 0.6 is 33.2 Å². The molecule has 284 valence electrons. The summed E-state index contributed by atoms with van der Waals surface area (Å²) in [7, 11) is 0. The maximum Gasteiger partial charge on any atom is 0.341 e. The standard InChI is InChI=1S/C18H15F.C17H36.C10H21Cl3Si/c19-18-7-3-6-14-16-9-8-12-4-1-2-5-13(12)15(16)10-11-17(14)18;1-3-5-7-9-11-13-15-17-16-14-12-10-8-6-4-2;1-2-3-4-5-6-7-8-9-10-14(11,12)13/h1-2,4-5,8-11,18H,3,6-7H2;3-17H2,1-2H3;2-10H2,1H3. The third-order valence-corrected chi connectivity index (χ3v) is 12.9. The van der Waals surface area contributed by atoms with Crippen molar-refractivity contribution < 1.29 is 4.39 Å². The van der Waals surface area contributed by atoms with Crippen molar-refractivity contribution in [1.82, 2.24) is 0 Å². The van der Waals surface area contributed by atoms with E-state index in [9.17, 15) is 4.39 Å². The number of rotatable bonds is 23. The highest BCUT2D eigenvalue weighted by atomic mass is 35.8. The maximum absolute atomic E-state index is 14.0. The third-order valence-electron chi connectivity index (χ3n) is 10.3. The second kappa shape index (κ2) is 28.7. The number of halogens is 4. The number of hydrogen-bond acceptors (Lipinski definition) is 0. The van der Waals surface area contributed by atoms with Gasteiger partial charge < -0.3 is 0 Å². The summed E-state index contributed by atoms with van der Waals surface area (Å²) in [4.78, 5) is 0. The first kappa shape index (κ1) is 45.4. The van der Waals surface area contributed by atoms with Gasteiger partial charge in [0.15, 0.2) is 0 Å². The van der Waals surface area contributed by atoms with Crippen LogP contribution in [0, 0.1) is 0 Å². The number of alkyl halides is 1. The molecule has 1 atom stereocenters. The highest BCUT2D eigenvalue weighted by Crippen LogP contribution is 2.38. The maximum atomic E-state index is 14.0. The molecule has 0 bridgehead atoms. The first-order valence-corrected chi connectivity index (χ1v) is 26.2. The Balaban J connectivity index is 0.000000264. The van der Waals surface area contributed by atoms with Gasteiger partial charge in [-0.25, -0.2) is 4.39 Å². The molecule has 0 fully saturated rings. The Morgan fingerprint density at radius 2 is 0.960 bits per heavy atom. The number of hydrogen-bond donors (Lipinski definition) is 0. The lowest BCUT2D eigenvalue weighted by Crippen LogP contribution is -2.07. The van der Waals surface area contributed by atoms with Gasteiger partial charge in [0.05, 0.1) is 0 Å². The molecule has 0 radical (unpaired) electrons. The molecule has 0 saturated heterocycles. The lowest BCUT2D eigenvalue weighted by molar-refractivity contribution is 0.303. The molecule has 4 rings (SSSR count). The van der Waals surface area contributed by atoms with Crippen molar-refractivity contribution in [2.75, 3.05) is 0 Å². The number of benzene rings is 3. The highest BCUT2D eigenvalue weighted by Gasteiger charge is 2.23. The smallest absolute Gasteiger partial charge is 0.242 e. The largest absolute Gasteiger partial charge is 0.341 e. The quantitative estimate of drug-likeness (QED) is 0.0390. The van der Waals surface area contributed by atoms with Crippen LogP contribution in [0.4, 0.5) is 4.39 Å². The van der Waals surface area contributed by atoms with Gasteiger partial charge in [-0.05, 0) is 58.0 Å². The summed E-state index contributed by atoms with van der Waals surface area (Å²) >= 11 is 17.4. The molecular weight excluding hydrogens is 694 g/mol. The number of aryl methyl sites for hydroxylation is 1. The van der Waals surface area contributed by atoms with Gasteiger partial charge in [0.1, 0.15) is 6.17 Å². The molecule has 0 saturated carbocycles. The molecule has 5 heteroatoms. The van der Waals surface area contributed by atoms with Gasteiger partial charge in [-0.3, -0.25) is 0 Å². The van der Waals surface area contributed by atoms with Gasteiger partial charge in [0.25, 0.3) is 0 Å². The van der Waals surface area contributed by atoms with E-state index in [1.807, 2.05) is 6.07 Å². The minimum Gasteiger partial charge on any atom is -0.242 e. The van der Waals surface area contributed by atoms with Crippen LogP contribution in [0.15, 0.2) is 48.5 Å². The van der Waals surface area contributed by atoms with E-state index in [-0.39, 0.29) is 0 Å². The average molecular weight is 767 g/mol. The van der Waals surface area contributed by atoms with E-state index in [1.165, 1.54) is 168 Å². The van der Waals surface area contributed by atoms with Gasteiger partial charge in [0.2, 0.25) is 0 Å². The summed E-state index contributed by atoms with van der Waals surface area (Å²) in [6, 6.07) is 15.3. The second-order valence-electron chi connectivity index (χ2n) is 14.8. The van der Waals surface area contributed by atoms with Crippen molar-refractivity contribution in [2.24, 2.45) is 0 Å². The fourth-order valence-electron chi connectivity index (χ4n) is 7.26. The van der Waals surface area contributed by atoms with Crippen LogP contribution < -0.4 is 0 Å². The van der Waals surface area contributed by atoms with Crippen LogP contribution in [-0.2, 0) is 6.42 Å². The van der Waals surface area contributed by atoms with Crippen LogP contribution in [-0.4, -0.2) is 6.00 Å². The molecule has 3 aromatic rings. The molecule has 0 nitrogen and oxygen atoms in total. The fourth-order valence-corrected chi connectivity index (χ4v) is 9.11. The van der Waals surface area contributed by atoms with E-state index in [0.717, 1.165) is 30.9 Å². The normalized spacial score (nSPS) is 14.2. The average Bonchev–Trinajstić information content (AvgIpc) is 3.11. The van der Waals surface area contributed by atoms with Crippen molar-refractivity contribution >= 4 is 60.8 Å². The molecule has 0 aromatic heterocycles. The van der Waals surface area contributed by atoms with Crippen molar-refractivity contribution in [2.45, 2.75) is 200 Å². The minimum atomic E-state index is -2.32. The topological polar surface area (TPSA) is 0 Å². The van der Waals surface area contributed by atoms with E-state index in [1.54, 1.807) is 0 Å². The summed E-state index contributed by atoms with van der Waals surface area (Å²) in [5.74, 6) is 0. The summed E-state index contributed by atoms with van der Waals surface area (Å²) in [6.45, 7) is 6.83. The minimum absolute atomic E-state index is 0.673. The first-order valence-electron chi connectivity index (χ1n) is 21.0. The highest BCUT2D eigenvalue weighted by molar-refractivity contribution is 7.64. The molecule has 0 aliphatic heterocycles. The van der Waals surface area contributed by atoms with E-state index >= 15 is 0 Å². The van der Waals surface area contributed by atoms with Gasteiger partial charge in [0, 0.05) is 0 Å². The monoisotopic (exact) mass is 764 g/mol. The Kier molecular flexibility index (Phi) is 26.0. The Labute approximate surface area is 323 Å². The molecule has 0 heterocycles. The van der Waals surface area contributed by atoms with Crippen molar-refractivity contribution in [1.29, 1.82) is 0 Å². The van der Waals surface area contributed by atoms with Gasteiger partial charge >= 0.3 is 6.00 Å². The third kappa shape index (κ3) is 19.9. The van der Waals surface area contributed by atoms with Crippen LogP contribution in [0.25, 0.3) is 21.5 Å². The predicted octanol–water partition coefficient (Wildman–Crippen LogP) is 18.0. The molecule has 0 amide bonds. The number of unbranched alkanes of at least 4 members (excludes halogenated alkanes) is 21. The van der Waals surface area contributed by atoms with Gasteiger partial charge in [-0.2, -0.15) is 0 Å². The molecule has 0 N–H and O–H groups in total. The predicted molar refractivity (Wildman–Crippen MR) is 230 cm³/mol. The van der Waals surface area contributed by atoms with Gasteiger partial charge in [-0.1, -0.05) is 217 Å². The van der Waals surface area contributed by atoms with Crippen molar-refractivity contribution in [3.05, 3.63) is 59.7 Å². The fraction of sp³-hybridized carbons (Fsp3) is 0.689. The van der Waals surface area contributed by atoms with Crippen LogP contribution in [0.2, 0.25) is 6.04 Å². The summed E-state index contributed by atoms with van der Waals surface area (Å²) in [5, 5.41) is 5.01. The molecule has 1 aliphatic carbocycles. The van der Waals surface area contributed by atoms with Gasteiger partial charge in [-0.15, -0.1) is 33.2 Å². The lowest BCUT2D eigenvalue weighted by Gasteiger charge is -2.21. The zero-order valence-electron chi connectivity index (χ0n) is 32.3. The molecular formula is C45H72Cl3FSi. The SMILES string of the molecule is CCCCCCCCCCCCCCCCC.CCCCCCCCCC[Si](Cl)(Cl)Cl.FC1CCCc2c1ccc1c2ccc2ccccc21. The van der Waals surface area contributed by atoms with Crippen LogP contribution in [0.1, 0.15) is 199 Å². The van der Waals surface area contributed by atoms with E-state index in [2.05, 4.69) is 63.2 Å². The van der Waals surface area contributed by atoms with E-state index in [0.29, 0.717) is 6.42 Å². The molecule has 1 unspecified atom stereocenters. The lowest BCUT2D eigenvalue weighted by atomic mass is 9.85. The van der Waals surface area contributed by atoms with E-state index in [4.69, 9.17) is 33.2 Å². The van der Waals surface area contributed by atoms with Crippen molar-refractivity contribution in [3.63, 3.8) is 0 Å². The Hall–Kier alpha value is -0.803. The molecule has 0 spiro atoms. The second-order valence-corrected chi connectivity index (χ2v) is 24.1. The van der Waals surface area contributed by atoms with Crippen LogP contribution in [0.5, 0.6) is 0 Å². The summed E-state index contributed by atoms with van der Waals surface area (Å²) < 4.78 is 14.0. The van der Waals surface area contributed by atoms with Crippen molar-refractivity contribution in [3.8, 4) is 0 Å². The zero-order chi connectivity index (χ0) is 36.3. The summed E-state index contributed by atoms with van der Waals surface area (Å²) in [6.07, 6.45) is 34.2. The summed E-state index contributed by atoms with van der Waals surface area (Å²) in [5.41, 5.74) is 2.14. The van der Waals surface area contributed by atoms with E-state index < -0.39 is 12.2 Å².